The third-order valence-corrected chi connectivity index (χ3v) is 0.164. The van der Waals surface area contributed by atoms with Crippen molar-refractivity contribution < 1.29 is 6.17 Å². The zero-order chi connectivity index (χ0) is 4.99. The first-order valence-electron chi connectivity index (χ1n) is 1.69. The van der Waals surface area contributed by atoms with Gasteiger partial charge in [-0.3, -0.25) is 4.79 Å². The highest BCUT2D eigenvalue weighted by Gasteiger charge is 1.69. The van der Waals surface area contributed by atoms with Gasteiger partial charge in [0.15, 0.2) is 0 Å². The molecular weight excluding hydrogens is 66.0 g/mol. The van der Waals surface area contributed by atoms with Crippen LogP contribution >= 0.6 is 0 Å². The molecule has 1 amide bonds. The predicted octanol–water partition coefficient (Wildman–Crippen LogP) is -0.342. The van der Waals surface area contributed by atoms with E-state index in [4.69, 9.17) is 1.37 Å². The van der Waals surface area contributed by atoms with E-state index in [1.807, 2.05) is 0 Å². The molecule has 0 atom stereocenters. The Morgan fingerprint density at radius 1 is 2.40 bits per heavy atom. The molecule has 0 fully saturated rings. The SMILES string of the molecule is [2H]C=CC(N)=O. The van der Waals surface area contributed by atoms with Crippen LogP contribution in [0.5, 0.6) is 0 Å². The highest BCUT2D eigenvalue weighted by molar-refractivity contribution is 5.84. The normalized spacial score (nSPS) is 11.6. The fraction of sp³-hybridized carbons (Fsp3) is 0. The summed E-state index contributed by atoms with van der Waals surface area (Å²) in [6.07, 6.45) is 0.972. The van der Waals surface area contributed by atoms with Gasteiger partial charge in [-0.05, 0) is 6.08 Å². The number of hydrogen-bond acceptors (Lipinski definition) is 1. The summed E-state index contributed by atoms with van der Waals surface area (Å²) < 4.78 is 6.25. The van der Waals surface area contributed by atoms with Crippen molar-refractivity contribution >= 4 is 5.91 Å². The fourth-order valence-corrected chi connectivity index (χ4v) is 0. The molecule has 0 aromatic rings. The van der Waals surface area contributed by atoms with Gasteiger partial charge in [-0.15, -0.1) is 0 Å². The van der Waals surface area contributed by atoms with Gasteiger partial charge in [-0.2, -0.15) is 0 Å². The molecule has 0 radical (unpaired) electrons. The molecule has 0 spiro atoms. The molecule has 0 aliphatic heterocycles. The van der Waals surface area contributed by atoms with E-state index in [2.05, 4.69) is 5.73 Å². The summed E-state index contributed by atoms with van der Waals surface area (Å²) in [4.78, 5) is 9.61. The minimum Gasteiger partial charge on any atom is -0.366 e. The lowest BCUT2D eigenvalue weighted by Crippen LogP contribution is -2.04. The minimum atomic E-state index is -0.579. The lowest BCUT2D eigenvalue weighted by Gasteiger charge is -1.65. The lowest BCUT2D eigenvalue weighted by molar-refractivity contribution is -0.113. The molecule has 0 aromatic carbocycles. The van der Waals surface area contributed by atoms with Crippen LogP contribution in [0.25, 0.3) is 0 Å². The molecule has 28 valence electrons. The quantitative estimate of drug-likeness (QED) is 0.423. The molecule has 0 heterocycles. The van der Waals surface area contributed by atoms with E-state index in [1.165, 1.54) is 0 Å². The zero-order valence-electron chi connectivity index (χ0n) is 3.64. The number of carbonyl (C=O) groups excluding carboxylic acids is 1. The Morgan fingerprint density at radius 3 is 3.00 bits per heavy atom. The summed E-state index contributed by atoms with van der Waals surface area (Å²) in [7, 11) is 0. The Balaban J connectivity index is 3.30. The maximum Gasteiger partial charge on any atom is 0.240 e. The van der Waals surface area contributed by atoms with Gasteiger partial charge in [-0.25, -0.2) is 0 Å². The predicted molar refractivity (Wildman–Crippen MR) is 19.4 cm³/mol. The average molecular weight is 72.1 g/mol. The molecule has 0 saturated heterocycles. The van der Waals surface area contributed by atoms with E-state index in [1.54, 1.807) is 0 Å². The summed E-state index contributed by atoms with van der Waals surface area (Å²) >= 11 is 0. The highest BCUT2D eigenvalue weighted by Crippen LogP contribution is 1.48. The van der Waals surface area contributed by atoms with Crippen molar-refractivity contribution in [1.29, 1.82) is 0 Å². The van der Waals surface area contributed by atoms with Crippen molar-refractivity contribution in [2.45, 2.75) is 0 Å². The molecule has 2 nitrogen and oxygen atoms in total. The second-order valence-electron chi connectivity index (χ2n) is 0.569. The maximum atomic E-state index is 9.61. The Kier molecular flexibility index (Phi) is 0.745. The second kappa shape index (κ2) is 1.52. The molecule has 0 bridgehead atoms. The third kappa shape index (κ3) is 3.21. The van der Waals surface area contributed by atoms with Gasteiger partial charge in [0.25, 0.3) is 0 Å². The number of rotatable bonds is 1. The van der Waals surface area contributed by atoms with Gasteiger partial charge in [0.05, 0.1) is 1.37 Å². The van der Waals surface area contributed by atoms with E-state index < -0.39 is 5.91 Å². The average Bonchev–Trinajstić information content (AvgIpc) is 1.35. The van der Waals surface area contributed by atoms with Crippen LogP contribution < -0.4 is 5.73 Å². The van der Waals surface area contributed by atoms with Gasteiger partial charge < -0.3 is 5.73 Å². The van der Waals surface area contributed by atoms with Crippen molar-refractivity contribution in [2.24, 2.45) is 5.73 Å². The molecule has 0 unspecified atom stereocenters. The molecule has 0 aliphatic rings. The van der Waals surface area contributed by atoms with Crippen LogP contribution in [0.15, 0.2) is 12.6 Å². The third-order valence-electron chi connectivity index (χ3n) is 0.164. The highest BCUT2D eigenvalue weighted by atomic mass is 16.1. The fourth-order valence-electron chi connectivity index (χ4n) is 0. The molecule has 0 aromatic heterocycles. The van der Waals surface area contributed by atoms with Gasteiger partial charge in [0.1, 0.15) is 0 Å². The Labute approximate surface area is 31.7 Å². The number of nitrogens with two attached hydrogens (primary N) is 1. The van der Waals surface area contributed by atoms with Crippen molar-refractivity contribution in [3.63, 3.8) is 0 Å². The number of primary amides is 1. The standard InChI is InChI=1S/C3H5NO/c1-2-3(4)5/h2H,1H2,(H2,4,5)/i1D. The van der Waals surface area contributed by atoms with Crippen molar-refractivity contribution in [1.82, 2.24) is 0 Å². The number of amides is 1. The smallest absolute Gasteiger partial charge is 0.240 e. The summed E-state index contributed by atoms with van der Waals surface area (Å²) in [5.74, 6) is -0.579. The van der Waals surface area contributed by atoms with Crippen LogP contribution in [-0.4, -0.2) is 5.91 Å². The molecule has 2 heteroatoms. The molecule has 0 saturated carbocycles. The molecular formula is C3H5NO. The molecule has 5 heavy (non-hydrogen) atoms. The second-order valence-corrected chi connectivity index (χ2v) is 0.569. The van der Waals surface area contributed by atoms with E-state index in [9.17, 15) is 4.79 Å². The number of hydrogen-bond donors (Lipinski definition) is 1. The minimum absolute atomic E-state index is 0.579. The van der Waals surface area contributed by atoms with Crippen LogP contribution in [-0.2, 0) is 4.79 Å². The van der Waals surface area contributed by atoms with Crippen molar-refractivity contribution in [2.75, 3.05) is 0 Å². The summed E-state index contributed by atoms with van der Waals surface area (Å²) in [6, 6.07) is 0. The van der Waals surface area contributed by atoms with Crippen LogP contribution in [0, 0.1) is 0 Å². The van der Waals surface area contributed by atoms with Crippen LogP contribution in [0.4, 0.5) is 0 Å². The van der Waals surface area contributed by atoms with Gasteiger partial charge >= 0.3 is 0 Å². The number of carbonyl (C=O) groups is 1. The largest absolute Gasteiger partial charge is 0.366 e. The first kappa shape index (κ1) is 2.45. The van der Waals surface area contributed by atoms with Crippen molar-refractivity contribution in [3.8, 4) is 0 Å². The maximum absolute atomic E-state index is 9.61. The van der Waals surface area contributed by atoms with Crippen LogP contribution in [0.3, 0.4) is 0 Å². The van der Waals surface area contributed by atoms with Crippen LogP contribution in [0.1, 0.15) is 1.37 Å². The monoisotopic (exact) mass is 72.0 g/mol. The summed E-state index contributed by atoms with van der Waals surface area (Å²) in [5, 5.41) is 0. The topological polar surface area (TPSA) is 43.1 Å². The van der Waals surface area contributed by atoms with Gasteiger partial charge in [-0.1, -0.05) is 6.55 Å². The zero-order valence-corrected chi connectivity index (χ0v) is 2.64. The lowest BCUT2D eigenvalue weighted by atomic mass is 10.6. The Hall–Kier alpha value is -0.790. The first-order chi connectivity index (χ1) is 2.77. The van der Waals surface area contributed by atoms with Crippen LogP contribution in [0.2, 0.25) is 0 Å². The Bertz CT molecular complexity index is 78.9. The van der Waals surface area contributed by atoms with Gasteiger partial charge in [0.2, 0.25) is 5.91 Å². The van der Waals surface area contributed by atoms with E-state index in [-0.39, 0.29) is 0 Å². The summed E-state index contributed by atoms with van der Waals surface area (Å²) in [5.41, 5.74) is 4.56. The first-order valence-corrected chi connectivity index (χ1v) is 1.11. The Morgan fingerprint density at radius 2 is 3.00 bits per heavy atom. The van der Waals surface area contributed by atoms with E-state index in [0.717, 1.165) is 12.6 Å². The van der Waals surface area contributed by atoms with Crippen molar-refractivity contribution in [3.05, 3.63) is 12.6 Å². The summed E-state index contributed by atoms with van der Waals surface area (Å²) in [6.45, 7) is 0.850. The molecule has 2 N–H and O–H groups in total. The van der Waals surface area contributed by atoms with E-state index in [0.29, 0.717) is 0 Å². The van der Waals surface area contributed by atoms with Gasteiger partial charge in [0, 0.05) is 0 Å². The molecule has 0 rings (SSSR count). The molecule has 0 aliphatic carbocycles. The van der Waals surface area contributed by atoms with E-state index >= 15 is 0 Å².